The number of methoxy groups -OCH3 is 1. The molecule has 8 heteroatoms. The molecular formula is C14H12BrNO4S2. The first-order valence-electron chi connectivity index (χ1n) is 6.18. The summed E-state index contributed by atoms with van der Waals surface area (Å²) in [5.74, 6) is -0.800. The first kappa shape index (κ1) is 17.0. The molecule has 1 aromatic carbocycles. The lowest BCUT2D eigenvalue weighted by Gasteiger charge is -2.18. The average molecular weight is 402 g/mol. The normalized spacial score (nSPS) is 18.0. The Hall–Kier alpha value is -1.38. The second-order valence-corrected chi connectivity index (χ2v) is 6.99. The molecule has 1 aliphatic rings. The highest BCUT2D eigenvalue weighted by molar-refractivity contribution is 9.10. The van der Waals surface area contributed by atoms with Crippen LogP contribution in [-0.2, 0) is 9.59 Å². The van der Waals surface area contributed by atoms with Crippen molar-refractivity contribution in [2.75, 3.05) is 7.11 Å². The molecular weight excluding hydrogens is 390 g/mol. The van der Waals surface area contributed by atoms with Gasteiger partial charge in [-0.15, -0.1) is 0 Å². The molecule has 0 radical (unpaired) electrons. The number of aliphatic carboxylic acids is 1. The number of thioether (sulfide) groups is 1. The fourth-order valence-electron chi connectivity index (χ4n) is 1.85. The molecule has 2 rings (SSSR count). The van der Waals surface area contributed by atoms with Crippen LogP contribution in [0.25, 0.3) is 6.08 Å². The van der Waals surface area contributed by atoms with Gasteiger partial charge in [0.15, 0.2) is 0 Å². The van der Waals surface area contributed by atoms with E-state index in [9.17, 15) is 9.59 Å². The number of carbonyl (C=O) groups is 2. The zero-order valence-corrected chi connectivity index (χ0v) is 14.9. The summed E-state index contributed by atoms with van der Waals surface area (Å²) in [6, 6.07) is 4.40. The van der Waals surface area contributed by atoms with Crippen LogP contribution in [0.15, 0.2) is 27.6 Å². The number of hydrogen-bond donors (Lipinski definition) is 1. The van der Waals surface area contributed by atoms with Crippen LogP contribution in [0.1, 0.15) is 12.5 Å². The number of halogens is 1. The van der Waals surface area contributed by atoms with Gasteiger partial charge in [0, 0.05) is 0 Å². The van der Waals surface area contributed by atoms with Crippen molar-refractivity contribution in [3.05, 3.63) is 33.1 Å². The Morgan fingerprint density at radius 1 is 1.55 bits per heavy atom. The summed E-state index contributed by atoms with van der Waals surface area (Å²) < 4.78 is 6.16. The van der Waals surface area contributed by atoms with Gasteiger partial charge < -0.3 is 9.84 Å². The zero-order valence-electron chi connectivity index (χ0n) is 11.7. The second-order valence-electron chi connectivity index (χ2n) is 4.46. The van der Waals surface area contributed by atoms with Gasteiger partial charge in [0.2, 0.25) is 0 Å². The van der Waals surface area contributed by atoms with Crippen molar-refractivity contribution in [2.24, 2.45) is 0 Å². The van der Waals surface area contributed by atoms with Crippen LogP contribution in [0, 0.1) is 0 Å². The maximum Gasteiger partial charge on any atom is 0.326 e. The van der Waals surface area contributed by atoms with E-state index >= 15 is 0 Å². The van der Waals surface area contributed by atoms with Crippen molar-refractivity contribution < 1.29 is 19.4 Å². The van der Waals surface area contributed by atoms with E-state index in [1.54, 1.807) is 25.3 Å². The van der Waals surface area contributed by atoms with Crippen molar-refractivity contribution in [3.8, 4) is 5.75 Å². The summed E-state index contributed by atoms with van der Waals surface area (Å²) in [5, 5.41) is 9.05. The van der Waals surface area contributed by atoms with Crippen molar-refractivity contribution in [1.29, 1.82) is 0 Å². The predicted molar refractivity (Wildman–Crippen MR) is 92.8 cm³/mol. The van der Waals surface area contributed by atoms with Crippen molar-refractivity contribution in [1.82, 2.24) is 4.90 Å². The summed E-state index contributed by atoms with van der Waals surface area (Å²) in [5.41, 5.74) is 0.788. The predicted octanol–water partition coefficient (Wildman–Crippen LogP) is 3.13. The molecule has 1 aromatic rings. The minimum atomic E-state index is -1.09. The van der Waals surface area contributed by atoms with E-state index in [4.69, 9.17) is 22.1 Å². The fourth-order valence-corrected chi connectivity index (χ4v) is 3.82. The summed E-state index contributed by atoms with van der Waals surface area (Å²) in [4.78, 5) is 24.9. The molecule has 0 bridgehead atoms. The maximum absolute atomic E-state index is 12.3. The van der Waals surface area contributed by atoms with Crippen LogP contribution in [0.3, 0.4) is 0 Å². The number of ether oxygens (including phenoxy) is 1. The standard InChI is InChI=1S/C14H12BrNO4S2/c1-7(13(18)19)16-12(17)11(22-14(16)21)6-8-3-4-10(20-2)9(15)5-8/h3-7H,1-2H3,(H,18,19)/b11-6+/t7-/m1/s1. The number of carbonyl (C=O) groups excluding carboxylic acids is 1. The Morgan fingerprint density at radius 2 is 2.23 bits per heavy atom. The lowest BCUT2D eigenvalue weighted by molar-refractivity contribution is -0.144. The van der Waals surface area contributed by atoms with E-state index in [0.717, 1.165) is 26.7 Å². The van der Waals surface area contributed by atoms with Crippen molar-refractivity contribution in [3.63, 3.8) is 0 Å². The van der Waals surface area contributed by atoms with Gasteiger partial charge in [-0.2, -0.15) is 0 Å². The quantitative estimate of drug-likeness (QED) is 0.617. The van der Waals surface area contributed by atoms with E-state index in [1.165, 1.54) is 6.92 Å². The van der Waals surface area contributed by atoms with Gasteiger partial charge in [0.25, 0.3) is 5.91 Å². The highest BCUT2D eigenvalue weighted by atomic mass is 79.9. The molecule has 0 spiro atoms. The van der Waals surface area contributed by atoms with Gasteiger partial charge in [-0.3, -0.25) is 9.69 Å². The maximum atomic E-state index is 12.3. The van der Waals surface area contributed by atoms with E-state index in [1.807, 2.05) is 6.07 Å². The van der Waals surface area contributed by atoms with Gasteiger partial charge >= 0.3 is 5.97 Å². The number of benzene rings is 1. The van der Waals surface area contributed by atoms with Crippen LogP contribution in [0.5, 0.6) is 5.75 Å². The van der Waals surface area contributed by atoms with Crippen LogP contribution in [-0.4, -0.2) is 39.4 Å². The molecule has 116 valence electrons. The third-order valence-electron chi connectivity index (χ3n) is 3.04. The minimum absolute atomic E-state index is 0.249. The molecule has 1 atom stereocenters. The van der Waals surface area contributed by atoms with Crippen molar-refractivity contribution >= 4 is 62.2 Å². The SMILES string of the molecule is COc1ccc(/C=C2/SC(=S)N([C@H](C)C(=O)O)C2=O)cc1Br. The molecule has 1 saturated heterocycles. The molecule has 1 amide bonds. The summed E-state index contributed by atoms with van der Waals surface area (Å²) >= 11 is 9.58. The lowest BCUT2D eigenvalue weighted by atomic mass is 10.2. The molecule has 1 aliphatic heterocycles. The Labute approximate surface area is 145 Å². The number of hydrogen-bond acceptors (Lipinski definition) is 5. The number of carboxylic acids is 1. The Kier molecular flexibility index (Phi) is 5.25. The van der Waals surface area contributed by atoms with Gasteiger partial charge in [-0.25, -0.2) is 4.79 Å². The molecule has 0 aliphatic carbocycles. The molecule has 0 unspecified atom stereocenters. The summed E-state index contributed by atoms with van der Waals surface area (Å²) in [6.45, 7) is 1.43. The number of thiocarbonyl (C=S) groups is 1. The topological polar surface area (TPSA) is 66.8 Å². The second kappa shape index (κ2) is 6.80. The van der Waals surface area contributed by atoms with Crippen LogP contribution >= 0.6 is 39.9 Å². The average Bonchev–Trinajstić information content (AvgIpc) is 2.73. The first-order valence-corrected chi connectivity index (χ1v) is 8.20. The minimum Gasteiger partial charge on any atom is -0.496 e. The first-order chi connectivity index (χ1) is 10.3. The van der Waals surface area contributed by atoms with Gasteiger partial charge in [-0.05, 0) is 46.6 Å². The Morgan fingerprint density at radius 3 is 2.77 bits per heavy atom. The molecule has 0 saturated carbocycles. The highest BCUT2D eigenvalue weighted by Gasteiger charge is 2.38. The Bertz CT molecular complexity index is 689. The zero-order chi connectivity index (χ0) is 16.4. The lowest BCUT2D eigenvalue weighted by Crippen LogP contribution is -2.41. The number of rotatable bonds is 4. The fraction of sp³-hybridized carbons (Fsp3) is 0.214. The Balaban J connectivity index is 2.30. The molecule has 1 heterocycles. The molecule has 1 N–H and O–H groups in total. The number of carboxylic acid groups (broad SMARTS) is 1. The van der Waals surface area contributed by atoms with E-state index in [2.05, 4.69) is 15.9 Å². The molecule has 5 nitrogen and oxygen atoms in total. The van der Waals surface area contributed by atoms with E-state index < -0.39 is 17.9 Å². The number of amides is 1. The summed E-state index contributed by atoms with van der Waals surface area (Å²) in [7, 11) is 1.57. The van der Waals surface area contributed by atoms with E-state index in [-0.39, 0.29) is 4.32 Å². The number of nitrogens with zero attached hydrogens (tertiary/aromatic N) is 1. The molecule has 22 heavy (non-hydrogen) atoms. The van der Waals surface area contributed by atoms with Crippen LogP contribution in [0.4, 0.5) is 0 Å². The van der Waals surface area contributed by atoms with E-state index in [0.29, 0.717) is 10.7 Å². The molecule has 0 aromatic heterocycles. The third-order valence-corrected chi connectivity index (χ3v) is 4.99. The van der Waals surface area contributed by atoms with Crippen LogP contribution < -0.4 is 4.74 Å². The van der Waals surface area contributed by atoms with Gasteiger partial charge in [0.1, 0.15) is 16.1 Å². The largest absolute Gasteiger partial charge is 0.496 e. The van der Waals surface area contributed by atoms with Gasteiger partial charge in [0.05, 0.1) is 16.5 Å². The highest BCUT2D eigenvalue weighted by Crippen LogP contribution is 2.35. The smallest absolute Gasteiger partial charge is 0.326 e. The van der Waals surface area contributed by atoms with Crippen molar-refractivity contribution in [2.45, 2.75) is 13.0 Å². The van der Waals surface area contributed by atoms with Crippen LogP contribution in [0.2, 0.25) is 0 Å². The van der Waals surface area contributed by atoms with Gasteiger partial charge in [-0.1, -0.05) is 30.0 Å². The monoisotopic (exact) mass is 401 g/mol. The third kappa shape index (κ3) is 3.34. The summed E-state index contributed by atoms with van der Waals surface area (Å²) in [6.07, 6.45) is 1.68. The molecule has 1 fully saturated rings.